The van der Waals surface area contributed by atoms with Gasteiger partial charge in [0, 0.05) is 5.69 Å². The number of carbonyl (C=O) groups excluding carboxylic acids is 1. The van der Waals surface area contributed by atoms with Gasteiger partial charge in [0.2, 0.25) is 0 Å². The van der Waals surface area contributed by atoms with E-state index in [1.807, 2.05) is 0 Å². The van der Waals surface area contributed by atoms with Crippen molar-refractivity contribution in [1.82, 2.24) is 0 Å². The molecule has 0 atom stereocenters. The summed E-state index contributed by atoms with van der Waals surface area (Å²) >= 11 is 0.619. The molecular weight excluding hydrogens is 209 g/mol. The number of hydrogen-bond acceptors (Lipinski definition) is 5. The fraction of sp³-hybridized carbons (Fsp3) is 0.125. The molecule has 1 aromatic rings. The lowest BCUT2D eigenvalue weighted by Gasteiger charge is -2.03. The second-order valence-corrected chi connectivity index (χ2v) is 3.15. The molecule has 0 fully saturated rings. The summed E-state index contributed by atoms with van der Waals surface area (Å²) in [6, 6.07) is 3.71. The van der Waals surface area contributed by atoms with E-state index in [2.05, 4.69) is 4.18 Å². The molecule has 0 radical (unpaired) electrons. The average molecular weight is 217 g/mol. The minimum Gasteiger partial charge on any atom is -0.398 e. The van der Waals surface area contributed by atoms with Crippen molar-refractivity contribution in [2.24, 2.45) is 0 Å². The molecule has 0 aromatic heterocycles. The van der Waals surface area contributed by atoms with Gasteiger partial charge in [0.1, 0.15) is 12.4 Å². The lowest BCUT2D eigenvalue weighted by Crippen LogP contribution is -2.04. The van der Waals surface area contributed by atoms with E-state index in [4.69, 9.17) is 10.8 Å². The fourth-order valence-corrected chi connectivity index (χ4v) is 1.26. The van der Waals surface area contributed by atoms with Gasteiger partial charge >= 0.3 is 5.97 Å². The van der Waals surface area contributed by atoms with Crippen molar-refractivity contribution >= 4 is 23.7 Å². The molecule has 0 aliphatic heterocycles. The van der Waals surface area contributed by atoms with Crippen LogP contribution >= 0.6 is 12.0 Å². The van der Waals surface area contributed by atoms with E-state index >= 15 is 0 Å². The van der Waals surface area contributed by atoms with Gasteiger partial charge in [-0.25, -0.2) is 9.18 Å². The van der Waals surface area contributed by atoms with Gasteiger partial charge in [-0.2, -0.15) is 0 Å². The normalized spacial score (nSPS) is 9.86. The zero-order valence-corrected chi connectivity index (χ0v) is 7.88. The van der Waals surface area contributed by atoms with Crippen LogP contribution in [0, 0.1) is 5.82 Å². The summed E-state index contributed by atoms with van der Waals surface area (Å²) in [4.78, 5) is 10.9. The topological polar surface area (TPSA) is 72.5 Å². The molecule has 0 amide bonds. The Morgan fingerprint density at radius 3 is 3.00 bits per heavy atom. The third-order valence-corrected chi connectivity index (χ3v) is 2.13. The average Bonchev–Trinajstić information content (AvgIpc) is 2.19. The van der Waals surface area contributed by atoms with Crippen molar-refractivity contribution in [2.75, 3.05) is 12.3 Å². The smallest absolute Gasteiger partial charge is 0.344 e. The number of anilines is 1. The van der Waals surface area contributed by atoms with Gasteiger partial charge in [-0.1, -0.05) is 0 Å². The quantitative estimate of drug-likeness (QED) is 0.582. The standard InChI is InChI=1S/C8H8FNO3S/c9-5-1-2-6(10)7(3-5)14-13-8(12)4-11/h1-3,11H,4,10H2. The first-order valence-electron chi connectivity index (χ1n) is 3.66. The first-order chi connectivity index (χ1) is 6.63. The van der Waals surface area contributed by atoms with Gasteiger partial charge in [0.15, 0.2) is 0 Å². The van der Waals surface area contributed by atoms with E-state index in [0.29, 0.717) is 22.6 Å². The van der Waals surface area contributed by atoms with E-state index in [9.17, 15) is 9.18 Å². The maximum Gasteiger partial charge on any atom is 0.344 e. The Labute approximate surface area is 84.1 Å². The van der Waals surface area contributed by atoms with E-state index in [0.717, 1.165) is 6.07 Å². The van der Waals surface area contributed by atoms with E-state index in [-0.39, 0.29) is 0 Å². The number of rotatable bonds is 3. The first kappa shape index (κ1) is 10.8. The number of nitrogens with two attached hydrogens (primary N) is 1. The number of hydrogen-bond donors (Lipinski definition) is 2. The summed E-state index contributed by atoms with van der Waals surface area (Å²) in [7, 11) is 0. The maximum atomic E-state index is 12.7. The zero-order chi connectivity index (χ0) is 10.6. The summed E-state index contributed by atoms with van der Waals surface area (Å²) in [5.41, 5.74) is 5.78. The number of nitrogen functional groups attached to an aromatic ring is 1. The highest BCUT2D eigenvalue weighted by atomic mass is 32.2. The highest BCUT2D eigenvalue weighted by Gasteiger charge is 2.06. The molecule has 4 nitrogen and oxygen atoms in total. The SMILES string of the molecule is Nc1ccc(F)cc1SOC(=O)CO. The summed E-state index contributed by atoms with van der Waals surface area (Å²) in [5, 5.41) is 8.34. The zero-order valence-electron chi connectivity index (χ0n) is 7.07. The molecular formula is C8H8FNO3S. The molecule has 0 aliphatic carbocycles. The number of benzene rings is 1. The molecule has 3 N–H and O–H groups in total. The van der Waals surface area contributed by atoms with Crippen LogP contribution in [-0.4, -0.2) is 17.7 Å². The minimum atomic E-state index is -0.807. The van der Waals surface area contributed by atoms with E-state index < -0.39 is 18.4 Å². The molecule has 0 aliphatic rings. The van der Waals surface area contributed by atoms with Crippen LogP contribution in [0.3, 0.4) is 0 Å². The molecule has 0 spiro atoms. The fourth-order valence-electron chi connectivity index (χ4n) is 0.698. The second-order valence-electron chi connectivity index (χ2n) is 2.38. The predicted molar refractivity (Wildman–Crippen MR) is 49.8 cm³/mol. The van der Waals surface area contributed by atoms with Crippen LogP contribution in [0.15, 0.2) is 23.1 Å². The van der Waals surface area contributed by atoms with Crippen LogP contribution in [-0.2, 0) is 8.98 Å². The van der Waals surface area contributed by atoms with Crippen molar-refractivity contribution in [3.05, 3.63) is 24.0 Å². The monoisotopic (exact) mass is 217 g/mol. The lowest BCUT2D eigenvalue weighted by molar-refractivity contribution is -0.136. The van der Waals surface area contributed by atoms with Crippen LogP contribution in [0.25, 0.3) is 0 Å². The Hall–Kier alpha value is -1.27. The van der Waals surface area contributed by atoms with Gasteiger partial charge in [0.05, 0.1) is 16.9 Å². The summed E-state index contributed by atoms with van der Waals surface area (Å²) < 4.78 is 17.2. The number of aliphatic hydroxyl groups excluding tert-OH is 1. The Morgan fingerprint density at radius 1 is 1.64 bits per heavy atom. The predicted octanol–water partition coefficient (Wildman–Crippen LogP) is 0.950. The molecule has 0 unspecified atom stereocenters. The van der Waals surface area contributed by atoms with Gasteiger partial charge in [0.25, 0.3) is 0 Å². The summed E-state index contributed by atoms with van der Waals surface area (Å²) in [6.07, 6.45) is 0. The molecule has 6 heteroatoms. The summed E-state index contributed by atoms with van der Waals surface area (Å²) in [6.45, 7) is -0.720. The minimum absolute atomic E-state index is 0.298. The summed E-state index contributed by atoms with van der Waals surface area (Å²) in [5.74, 6) is -1.28. The molecule has 0 heterocycles. The Bertz CT molecular complexity index is 345. The molecule has 1 rings (SSSR count). The van der Waals surface area contributed by atoms with Crippen molar-refractivity contribution < 1.29 is 18.5 Å². The third-order valence-electron chi connectivity index (χ3n) is 1.33. The van der Waals surface area contributed by atoms with Crippen molar-refractivity contribution in [3.8, 4) is 0 Å². The van der Waals surface area contributed by atoms with Crippen LogP contribution in [0.2, 0.25) is 0 Å². The lowest BCUT2D eigenvalue weighted by atomic mass is 10.3. The first-order valence-corrected chi connectivity index (χ1v) is 4.41. The van der Waals surface area contributed by atoms with Crippen molar-refractivity contribution in [1.29, 1.82) is 0 Å². The van der Waals surface area contributed by atoms with Gasteiger partial charge in [-0.15, -0.1) is 0 Å². The Morgan fingerprint density at radius 2 is 2.36 bits per heavy atom. The molecule has 76 valence electrons. The van der Waals surface area contributed by atoms with E-state index in [1.54, 1.807) is 0 Å². The molecule has 14 heavy (non-hydrogen) atoms. The van der Waals surface area contributed by atoms with Crippen LogP contribution < -0.4 is 5.73 Å². The van der Waals surface area contributed by atoms with Gasteiger partial charge < -0.3 is 15.0 Å². The molecule has 0 saturated heterocycles. The third kappa shape index (κ3) is 2.90. The van der Waals surface area contributed by atoms with Crippen LogP contribution in [0.4, 0.5) is 10.1 Å². The Kier molecular flexibility index (Phi) is 3.73. The van der Waals surface area contributed by atoms with Gasteiger partial charge in [-0.05, 0) is 18.2 Å². The van der Waals surface area contributed by atoms with Crippen molar-refractivity contribution in [2.45, 2.75) is 4.90 Å². The molecule has 0 bridgehead atoms. The number of carbonyl (C=O) groups is 1. The van der Waals surface area contributed by atoms with Crippen molar-refractivity contribution in [3.63, 3.8) is 0 Å². The highest BCUT2D eigenvalue weighted by molar-refractivity contribution is 7.95. The Balaban J connectivity index is 2.66. The second kappa shape index (κ2) is 4.83. The highest BCUT2D eigenvalue weighted by Crippen LogP contribution is 2.26. The number of halogens is 1. The van der Waals surface area contributed by atoms with Crippen LogP contribution in [0.1, 0.15) is 0 Å². The maximum absolute atomic E-state index is 12.7. The van der Waals surface area contributed by atoms with Crippen LogP contribution in [0.5, 0.6) is 0 Å². The molecule has 1 aromatic carbocycles. The van der Waals surface area contributed by atoms with Gasteiger partial charge in [-0.3, -0.25) is 0 Å². The van der Waals surface area contributed by atoms with E-state index in [1.165, 1.54) is 12.1 Å². The number of aliphatic hydroxyl groups is 1. The molecule has 0 saturated carbocycles. The largest absolute Gasteiger partial charge is 0.398 e.